The predicted molar refractivity (Wildman–Crippen MR) is 54.0 cm³/mol. The SMILES string of the molecule is Cc1cc(=O)c2ccc(C)c(F)c2[nH]1. The number of hydrogen-bond donors (Lipinski definition) is 1. The molecular weight excluding hydrogens is 181 g/mol. The summed E-state index contributed by atoms with van der Waals surface area (Å²) in [5.74, 6) is -0.344. The van der Waals surface area contributed by atoms with Gasteiger partial charge in [-0.15, -0.1) is 0 Å². The summed E-state index contributed by atoms with van der Waals surface area (Å²) < 4.78 is 13.6. The predicted octanol–water partition coefficient (Wildman–Crippen LogP) is 2.28. The number of nitrogens with one attached hydrogen (secondary N) is 1. The molecule has 0 aliphatic heterocycles. The van der Waals surface area contributed by atoms with Crippen LogP contribution in [-0.2, 0) is 0 Å². The number of hydrogen-bond acceptors (Lipinski definition) is 1. The zero-order valence-corrected chi connectivity index (χ0v) is 8.02. The van der Waals surface area contributed by atoms with Crippen molar-refractivity contribution in [3.8, 4) is 0 Å². The van der Waals surface area contributed by atoms with Crippen LogP contribution in [0.1, 0.15) is 11.3 Å². The highest BCUT2D eigenvalue weighted by molar-refractivity contribution is 5.79. The Hall–Kier alpha value is -1.64. The number of halogens is 1. The first kappa shape index (κ1) is 8.94. The summed E-state index contributed by atoms with van der Waals surface area (Å²) in [4.78, 5) is 14.3. The molecule has 72 valence electrons. The third-order valence-electron chi connectivity index (χ3n) is 2.27. The zero-order chi connectivity index (χ0) is 10.3. The second-order valence-corrected chi connectivity index (χ2v) is 3.44. The van der Waals surface area contributed by atoms with Crippen LogP contribution in [0.3, 0.4) is 0 Å². The molecule has 2 aromatic rings. The van der Waals surface area contributed by atoms with E-state index < -0.39 is 0 Å². The number of aromatic amines is 1. The lowest BCUT2D eigenvalue weighted by atomic mass is 10.1. The molecule has 14 heavy (non-hydrogen) atoms. The average molecular weight is 191 g/mol. The monoisotopic (exact) mass is 191 g/mol. The lowest BCUT2D eigenvalue weighted by Gasteiger charge is -2.03. The summed E-state index contributed by atoms with van der Waals surface area (Å²) in [7, 11) is 0. The Morgan fingerprint density at radius 1 is 1.29 bits per heavy atom. The van der Waals surface area contributed by atoms with E-state index >= 15 is 0 Å². The first-order valence-corrected chi connectivity index (χ1v) is 4.38. The lowest BCUT2D eigenvalue weighted by Crippen LogP contribution is -2.04. The molecule has 2 rings (SSSR count). The van der Waals surface area contributed by atoms with Gasteiger partial charge < -0.3 is 4.98 Å². The molecule has 2 nitrogen and oxygen atoms in total. The molecule has 0 aliphatic carbocycles. The van der Waals surface area contributed by atoms with E-state index in [0.717, 1.165) is 0 Å². The van der Waals surface area contributed by atoms with Gasteiger partial charge in [0.25, 0.3) is 0 Å². The molecule has 0 saturated carbocycles. The Labute approximate surface area is 80.4 Å². The molecular formula is C11H10FNO. The van der Waals surface area contributed by atoms with Crippen LogP contribution in [0.2, 0.25) is 0 Å². The second kappa shape index (κ2) is 2.94. The molecule has 0 spiro atoms. The van der Waals surface area contributed by atoms with E-state index in [1.165, 1.54) is 6.07 Å². The minimum atomic E-state index is -0.344. The van der Waals surface area contributed by atoms with Crippen molar-refractivity contribution in [1.29, 1.82) is 0 Å². The summed E-state index contributed by atoms with van der Waals surface area (Å²) in [6, 6.07) is 4.73. The fraction of sp³-hybridized carbons (Fsp3) is 0.182. The highest BCUT2D eigenvalue weighted by atomic mass is 19.1. The minimum Gasteiger partial charge on any atom is -0.356 e. The molecule has 0 aliphatic rings. The highest BCUT2D eigenvalue weighted by Crippen LogP contribution is 2.16. The fourth-order valence-corrected chi connectivity index (χ4v) is 1.52. The lowest BCUT2D eigenvalue weighted by molar-refractivity contribution is 0.627. The van der Waals surface area contributed by atoms with Crippen molar-refractivity contribution in [3.05, 3.63) is 45.5 Å². The number of aryl methyl sites for hydroxylation is 2. The zero-order valence-electron chi connectivity index (χ0n) is 8.02. The summed E-state index contributed by atoms with van der Waals surface area (Å²) in [5, 5.41) is 0.402. The molecule has 1 aromatic carbocycles. The van der Waals surface area contributed by atoms with Crippen molar-refractivity contribution < 1.29 is 4.39 Å². The molecule has 0 saturated heterocycles. The fourth-order valence-electron chi connectivity index (χ4n) is 1.52. The quantitative estimate of drug-likeness (QED) is 0.680. The van der Waals surface area contributed by atoms with Gasteiger partial charge in [0.05, 0.1) is 5.52 Å². The van der Waals surface area contributed by atoms with Crippen molar-refractivity contribution >= 4 is 10.9 Å². The summed E-state index contributed by atoms with van der Waals surface area (Å²) in [6.45, 7) is 3.41. The average Bonchev–Trinajstić information content (AvgIpc) is 2.12. The van der Waals surface area contributed by atoms with Crippen LogP contribution in [0.5, 0.6) is 0 Å². The van der Waals surface area contributed by atoms with Crippen LogP contribution >= 0.6 is 0 Å². The Bertz CT molecular complexity index is 557. The first-order chi connectivity index (χ1) is 6.59. The second-order valence-electron chi connectivity index (χ2n) is 3.44. The standard InChI is InChI=1S/C11H10FNO/c1-6-3-4-8-9(14)5-7(2)13-11(8)10(6)12/h3-5H,1-2H3,(H,13,14). The normalized spacial score (nSPS) is 10.8. The Morgan fingerprint density at radius 2 is 2.00 bits per heavy atom. The molecule has 0 bridgehead atoms. The summed E-state index contributed by atoms with van der Waals surface area (Å²) in [6.07, 6.45) is 0. The van der Waals surface area contributed by atoms with Crippen LogP contribution in [-0.4, -0.2) is 4.98 Å². The van der Waals surface area contributed by atoms with E-state index in [0.29, 0.717) is 22.2 Å². The molecule has 0 atom stereocenters. The van der Waals surface area contributed by atoms with Crippen LogP contribution in [0, 0.1) is 19.7 Å². The topological polar surface area (TPSA) is 32.9 Å². The first-order valence-electron chi connectivity index (χ1n) is 4.38. The smallest absolute Gasteiger partial charge is 0.189 e. The maximum absolute atomic E-state index is 13.6. The third-order valence-corrected chi connectivity index (χ3v) is 2.27. The van der Waals surface area contributed by atoms with Gasteiger partial charge in [-0.3, -0.25) is 4.79 Å². The van der Waals surface area contributed by atoms with Crippen LogP contribution < -0.4 is 5.43 Å². The maximum Gasteiger partial charge on any atom is 0.189 e. The molecule has 0 radical (unpaired) electrons. The molecule has 1 aromatic heterocycles. The molecule has 3 heteroatoms. The van der Waals surface area contributed by atoms with Crippen LogP contribution in [0.15, 0.2) is 23.0 Å². The van der Waals surface area contributed by atoms with E-state index in [2.05, 4.69) is 4.98 Å². The molecule has 0 amide bonds. The molecule has 1 N–H and O–H groups in total. The number of fused-ring (bicyclic) bond motifs is 1. The minimum absolute atomic E-state index is 0.143. The highest BCUT2D eigenvalue weighted by Gasteiger charge is 2.06. The number of aromatic nitrogens is 1. The van der Waals surface area contributed by atoms with Crippen LogP contribution in [0.4, 0.5) is 4.39 Å². The largest absolute Gasteiger partial charge is 0.356 e. The van der Waals surface area contributed by atoms with Crippen molar-refractivity contribution in [2.75, 3.05) is 0 Å². The van der Waals surface area contributed by atoms with E-state index in [1.807, 2.05) is 0 Å². The maximum atomic E-state index is 13.6. The van der Waals surface area contributed by atoms with Gasteiger partial charge in [-0.2, -0.15) is 0 Å². The van der Waals surface area contributed by atoms with Crippen molar-refractivity contribution in [1.82, 2.24) is 4.98 Å². The van der Waals surface area contributed by atoms with Crippen molar-refractivity contribution in [3.63, 3.8) is 0 Å². The van der Waals surface area contributed by atoms with Gasteiger partial charge >= 0.3 is 0 Å². The molecule has 1 heterocycles. The van der Waals surface area contributed by atoms with Gasteiger partial charge in [-0.25, -0.2) is 4.39 Å². The van der Waals surface area contributed by atoms with Gasteiger partial charge in [0.1, 0.15) is 5.82 Å². The van der Waals surface area contributed by atoms with E-state index in [9.17, 15) is 9.18 Å². The van der Waals surface area contributed by atoms with Crippen LogP contribution in [0.25, 0.3) is 10.9 Å². The Balaban J connectivity index is 3.03. The number of benzene rings is 1. The van der Waals surface area contributed by atoms with Gasteiger partial charge in [0.2, 0.25) is 0 Å². The molecule has 0 fully saturated rings. The molecule has 0 unspecified atom stereocenters. The number of rotatable bonds is 0. The third kappa shape index (κ3) is 1.21. The van der Waals surface area contributed by atoms with Gasteiger partial charge in [-0.05, 0) is 25.5 Å². The van der Waals surface area contributed by atoms with Crippen molar-refractivity contribution in [2.24, 2.45) is 0 Å². The Morgan fingerprint density at radius 3 is 2.71 bits per heavy atom. The number of H-pyrrole nitrogens is 1. The summed E-state index contributed by atoms with van der Waals surface area (Å²) >= 11 is 0. The van der Waals surface area contributed by atoms with Gasteiger partial charge in [-0.1, -0.05) is 6.07 Å². The number of pyridine rings is 1. The van der Waals surface area contributed by atoms with Gasteiger partial charge in [0, 0.05) is 17.1 Å². The Kier molecular flexibility index (Phi) is 1.88. The summed E-state index contributed by atoms with van der Waals surface area (Å²) in [5.41, 5.74) is 1.37. The van der Waals surface area contributed by atoms with Gasteiger partial charge in [0.15, 0.2) is 5.43 Å². The van der Waals surface area contributed by atoms with E-state index in [4.69, 9.17) is 0 Å². The van der Waals surface area contributed by atoms with E-state index in [-0.39, 0.29) is 11.2 Å². The van der Waals surface area contributed by atoms with E-state index in [1.54, 1.807) is 26.0 Å². The van der Waals surface area contributed by atoms with Crippen molar-refractivity contribution in [2.45, 2.75) is 13.8 Å².